The van der Waals surface area contributed by atoms with Gasteiger partial charge >= 0.3 is 0 Å². The van der Waals surface area contributed by atoms with Gasteiger partial charge in [-0.05, 0) is 48.0 Å². The van der Waals surface area contributed by atoms with Crippen LogP contribution in [0.25, 0.3) is 5.69 Å². The Morgan fingerprint density at radius 1 is 0.867 bits per heavy atom. The second kappa shape index (κ2) is 9.69. The number of rotatable bonds is 8. The van der Waals surface area contributed by atoms with Crippen molar-refractivity contribution in [2.75, 3.05) is 7.11 Å². The zero-order valence-electron chi connectivity index (χ0n) is 16.4. The van der Waals surface area contributed by atoms with Crippen molar-refractivity contribution in [3.8, 4) is 17.2 Å². The molecular formula is C23H20ClN3O2S. The number of halogens is 1. The van der Waals surface area contributed by atoms with Crippen molar-refractivity contribution in [2.24, 2.45) is 0 Å². The predicted molar refractivity (Wildman–Crippen MR) is 120 cm³/mol. The van der Waals surface area contributed by atoms with Crippen LogP contribution in [0, 0.1) is 0 Å². The fourth-order valence-corrected chi connectivity index (χ4v) is 4.16. The highest BCUT2D eigenvalue weighted by molar-refractivity contribution is 7.98. The van der Waals surface area contributed by atoms with E-state index in [1.165, 1.54) is 0 Å². The van der Waals surface area contributed by atoms with Crippen molar-refractivity contribution in [2.45, 2.75) is 17.5 Å². The molecule has 1 heterocycles. The van der Waals surface area contributed by atoms with Crippen molar-refractivity contribution >= 4 is 23.4 Å². The van der Waals surface area contributed by atoms with E-state index in [2.05, 4.69) is 10.2 Å². The van der Waals surface area contributed by atoms with Gasteiger partial charge in [0.25, 0.3) is 0 Å². The molecule has 0 unspecified atom stereocenters. The number of aromatic nitrogens is 3. The van der Waals surface area contributed by atoms with Crippen LogP contribution in [-0.2, 0) is 12.4 Å². The highest BCUT2D eigenvalue weighted by Gasteiger charge is 2.16. The molecule has 0 fully saturated rings. The average Bonchev–Trinajstić information content (AvgIpc) is 3.21. The molecule has 4 aromatic rings. The van der Waals surface area contributed by atoms with E-state index in [0.29, 0.717) is 12.4 Å². The van der Waals surface area contributed by atoms with E-state index in [0.717, 1.165) is 38.8 Å². The summed E-state index contributed by atoms with van der Waals surface area (Å²) in [6, 6.07) is 25.3. The first-order valence-electron chi connectivity index (χ1n) is 9.37. The number of ether oxygens (including phenoxy) is 2. The maximum absolute atomic E-state index is 6.31. The molecule has 0 radical (unpaired) electrons. The molecule has 30 heavy (non-hydrogen) atoms. The summed E-state index contributed by atoms with van der Waals surface area (Å²) in [6.07, 6.45) is 0. The lowest BCUT2D eigenvalue weighted by Gasteiger charge is -2.11. The minimum Gasteiger partial charge on any atom is -0.497 e. The number of methoxy groups -OCH3 is 1. The third kappa shape index (κ3) is 4.78. The number of nitrogens with zero attached hydrogens (tertiary/aromatic N) is 3. The van der Waals surface area contributed by atoms with Crippen molar-refractivity contribution in [3.05, 3.63) is 95.3 Å². The molecule has 0 bridgehead atoms. The lowest BCUT2D eigenvalue weighted by molar-refractivity contribution is 0.292. The Morgan fingerprint density at radius 3 is 2.30 bits per heavy atom. The lowest BCUT2D eigenvalue weighted by Crippen LogP contribution is -2.06. The summed E-state index contributed by atoms with van der Waals surface area (Å²) in [5.74, 6) is 2.94. The molecule has 0 aliphatic carbocycles. The number of hydrogen-bond donors (Lipinski definition) is 0. The normalized spacial score (nSPS) is 10.7. The van der Waals surface area contributed by atoms with Crippen LogP contribution in [0.2, 0.25) is 5.02 Å². The van der Waals surface area contributed by atoms with Crippen LogP contribution in [0.4, 0.5) is 0 Å². The molecule has 0 aliphatic heterocycles. The van der Waals surface area contributed by atoms with Crippen LogP contribution < -0.4 is 9.47 Å². The smallest absolute Gasteiger partial charge is 0.196 e. The Balaban J connectivity index is 1.56. The SMILES string of the molecule is COc1ccc(OCc2nnc(SCc3ccccc3Cl)n2-c2ccccc2)cc1. The quantitative estimate of drug-likeness (QED) is 0.326. The fraction of sp³-hybridized carbons (Fsp3) is 0.130. The first kappa shape index (κ1) is 20.3. The molecule has 3 aromatic carbocycles. The molecule has 0 atom stereocenters. The molecule has 5 nitrogen and oxygen atoms in total. The van der Waals surface area contributed by atoms with Crippen molar-refractivity contribution in [1.82, 2.24) is 14.8 Å². The van der Waals surface area contributed by atoms with Gasteiger partial charge < -0.3 is 9.47 Å². The van der Waals surface area contributed by atoms with Crippen LogP contribution in [0.3, 0.4) is 0 Å². The molecule has 152 valence electrons. The van der Waals surface area contributed by atoms with Gasteiger partial charge in [0.1, 0.15) is 18.1 Å². The van der Waals surface area contributed by atoms with E-state index in [1.807, 2.05) is 83.4 Å². The zero-order chi connectivity index (χ0) is 20.8. The summed E-state index contributed by atoms with van der Waals surface area (Å²) < 4.78 is 13.1. The van der Waals surface area contributed by atoms with E-state index in [9.17, 15) is 0 Å². The Morgan fingerprint density at radius 2 is 1.57 bits per heavy atom. The van der Waals surface area contributed by atoms with Gasteiger partial charge in [-0.3, -0.25) is 4.57 Å². The maximum Gasteiger partial charge on any atom is 0.196 e. The predicted octanol–water partition coefficient (Wildman–Crippen LogP) is 5.80. The molecule has 4 rings (SSSR count). The molecule has 0 spiro atoms. The van der Waals surface area contributed by atoms with Gasteiger partial charge in [0.15, 0.2) is 11.0 Å². The first-order chi connectivity index (χ1) is 14.7. The van der Waals surface area contributed by atoms with Crippen molar-refractivity contribution in [3.63, 3.8) is 0 Å². The molecule has 0 N–H and O–H groups in total. The maximum atomic E-state index is 6.31. The fourth-order valence-electron chi connectivity index (χ4n) is 2.90. The van der Waals surface area contributed by atoms with E-state index in [4.69, 9.17) is 21.1 Å². The number of hydrogen-bond acceptors (Lipinski definition) is 5. The van der Waals surface area contributed by atoms with Gasteiger partial charge in [0, 0.05) is 16.5 Å². The zero-order valence-corrected chi connectivity index (χ0v) is 17.9. The van der Waals surface area contributed by atoms with Crippen LogP contribution in [0.5, 0.6) is 11.5 Å². The molecule has 7 heteroatoms. The van der Waals surface area contributed by atoms with Gasteiger partial charge in [-0.2, -0.15) is 0 Å². The summed E-state index contributed by atoms with van der Waals surface area (Å²) in [6.45, 7) is 0.293. The Labute approximate surface area is 184 Å². The molecule has 0 saturated heterocycles. The largest absolute Gasteiger partial charge is 0.497 e. The van der Waals surface area contributed by atoms with Gasteiger partial charge in [-0.15, -0.1) is 10.2 Å². The lowest BCUT2D eigenvalue weighted by atomic mass is 10.2. The summed E-state index contributed by atoms with van der Waals surface area (Å²) in [5, 5.41) is 10.3. The van der Waals surface area contributed by atoms with Gasteiger partial charge in [0.2, 0.25) is 0 Å². The molecule has 0 saturated carbocycles. The molecule has 1 aromatic heterocycles. The van der Waals surface area contributed by atoms with E-state index in [1.54, 1.807) is 18.9 Å². The van der Waals surface area contributed by atoms with Gasteiger partial charge in [-0.25, -0.2) is 0 Å². The third-order valence-electron chi connectivity index (χ3n) is 4.46. The highest BCUT2D eigenvalue weighted by Crippen LogP contribution is 2.28. The first-order valence-corrected chi connectivity index (χ1v) is 10.7. The van der Waals surface area contributed by atoms with Crippen LogP contribution >= 0.6 is 23.4 Å². The van der Waals surface area contributed by atoms with Crippen LogP contribution in [0.15, 0.2) is 84.0 Å². The number of benzene rings is 3. The average molecular weight is 438 g/mol. The second-order valence-corrected chi connectivity index (χ2v) is 7.76. The Kier molecular flexibility index (Phi) is 6.57. The van der Waals surface area contributed by atoms with E-state index in [-0.39, 0.29) is 0 Å². The van der Waals surface area contributed by atoms with Crippen molar-refractivity contribution < 1.29 is 9.47 Å². The summed E-state index contributed by atoms with van der Waals surface area (Å²) in [4.78, 5) is 0. The van der Waals surface area contributed by atoms with Crippen molar-refractivity contribution in [1.29, 1.82) is 0 Å². The van der Waals surface area contributed by atoms with Crippen LogP contribution in [-0.4, -0.2) is 21.9 Å². The Hall–Kier alpha value is -2.96. The van der Waals surface area contributed by atoms with Crippen LogP contribution in [0.1, 0.15) is 11.4 Å². The molecular weight excluding hydrogens is 418 g/mol. The third-order valence-corrected chi connectivity index (χ3v) is 5.80. The summed E-state index contributed by atoms with van der Waals surface area (Å²) in [7, 11) is 1.64. The Bertz CT molecular complexity index is 1100. The highest BCUT2D eigenvalue weighted by atomic mass is 35.5. The topological polar surface area (TPSA) is 49.2 Å². The minimum absolute atomic E-state index is 0.293. The van der Waals surface area contributed by atoms with Gasteiger partial charge in [-0.1, -0.05) is 59.8 Å². The summed E-state index contributed by atoms with van der Waals surface area (Å²) >= 11 is 7.90. The minimum atomic E-state index is 0.293. The number of thioether (sulfide) groups is 1. The van der Waals surface area contributed by atoms with E-state index < -0.39 is 0 Å². The summed E-state index contributed by atoms with van der Waals surface area (Å²) in [5.41, 5.74) is 2.04. The van der Waals surface area contributed by atoms with E-state index >= 15 is 0 Å². The monoisotopic (exact) mass is 437 g/mol. The number of para-hydroxylation sites is 1. The standard InChI is InChI=1S/C23H20ClN3O2S/c1-28-19-11-13-20(14-12-19)29-15-22-25-26-23(27(22)18-8-3-2-4-9-18)30-16-17-7-5-6-10-21(17)24/h2-14H,15-16H2,1H3. The second-order valence-electron chi connectivity index (χ2n) is 6.41. The molecule has 0 aliphatic rings. The molecule has 0 amide bonds. The van der Waals surface area contributed by atoms with Gasteiger partial charge in [0.05, 0.1) is 7.11 Å².